The molecule has 0 atom stereocenters. The van der Waals surface area contributed by atoms with Gasteiger partial charge in [0.1, 0.15) is 5.82 Å². The first-order valence-corrected chi connectivity index (χ1v) is 9.22. The Hall–Kier alpha value is -2.43. The standard InChI is InChI=1S/C20H16ClN3S/c1-12-7-8-14(11-13(12)2)22-19-15-5-3-4-6-17(15)23-20(24-19)18-16(21)9-10-25-18/h3-11H,1-2H3,(H,22,23,24). The molecule has 0 amide bonds. The lowest BCUT2D eigenvalue weighted by molar-refractivity contribution is 1.23. The molecule has 2 heterocycles. The summed E-state index contributed by atoms with van der Waals surface area (Å²) in [4.78, 5) is 10.3. The number of hydrogen-bond donors (Lipinski definition) is 1. The van der Waals surface area contributed by atoms with Crippen LogP contribution in [0, 0.1) is 13.8 Å². The highest BCUT2D eigenvalue weighted by molar-refractivity contribution is 7.14. The lowest BCUT2D eigenvalue weighted by Crippen LogP contribution is -1.99. The zero-order valence-corrected chi connectivity index (χ0v) is 15.4. The Kier molecular flexibility index (Phi) is 4.15. The predicted molar refractivity (Wildman–Crippen MR) is 107 cm³/mol. The van der Waals surface area contributed by atoms with E-state index in [4.69, 9.17) is 16.6 Å². The van der Waals surface area contributed by atoms with Crippen molar-refractivity contribution in [2.45, 2.75) is 13.8 Å². The van der Waals surface area contributed by atoms with Crippen LogP contribution in [-0.4, -0.2) is 9.97 Å². The van der Waals surface area contributed by atoms with Gasteiger partial charge in [-0.2, -0.15) is 0 Å². The third kappa shape index (κ3) is 3.11. The van der Waals surface area contributed by atoms with Gasteiger partial charge in [0.2, 0.25) is 0 Å². The molecule has 1 N–H and O–H groups in total. The van der Waals surface area contributed by atoms with Crippen molar-refractivity contribution in [3.8, 4) is 10.7 Å². The molecule has 0 spiro atoms. The molecule has 0 aliphatic heterocycles. The highest BCUT2D eigenvalue weighted by atomic mass is 35.5. The lowest BCUT2D eigenvalue weighted by atomic mass is 10.1. The van der Waals surface area contributed by atoms with Crippen LogP contribution >= 0.6 is 22.9 Å². The summed E-state index contributed by atoms with van der Waals surface area (Å²) >= 11 is 7.83. The second kappa shape index (κ2) is 6.47. The van der Waals surface area contributed by atoms with Crippen LogP contribution in [0.3, 0.4) is 0 Å². The summed E-state index contributed by atoms with van der Waals surface area (Å²) in [6.07, 6.45) is 0. The molecule has 3 nitrogen and oxygen atoms in total. The number of fused-ring (bicyclic) bond motifs is 1. The zero-order chi connectivity index (χ0) is 17.4. The first kappa shape index (κ1) is 16.1. The quantitative estimate of drug-likeness (QED) is 0.458. The second-order valence-electron chi connectivity index (χ2n) is 5.93. The van der Waals surface area contributed by atoms with Crippen LogP contribution in [0.5, 0.6) is 0 Å². The van der Waals surface area contributed by atoms with Gasteiger partial charge in [0.15, 0.2) is 5.82 Å². The lowest BCUT2D eigenvalue weighted by Gasteiger charge is -2.12. The van der Waals surface area contributed by atoms with Crippen LogP contribution in [0.4, 0.5) is 11.5 Å². The molecule has 5 heteroatoms. The molecule has 0 unspecified atom stereocenters. The van der Waals surface area contributed by atoms with E-state index in [1.807, 2.05) is 35.7 Å². The molecule has 4 rings (SSSR count). The number of anilines is 2. The monoisotopic (exact) mass is 365 g/mol. The Morgan fingerprint density at radius 3 is 2.56 bits per heavy atom. The van der Waals surface area contributed by atoms with E-state index in [9.17, 15) is 0 Å². The zero-order valence-electron chi connectivity index (χ0n) is 13.9. The molecule has 0 radical (unpaired) electrons. The molecule has 0 saturated heterocycles. The maximum Gasteiger partial charge on any atom is 0.173 e. The maximum absolute atomic E-state index is 6.29. The summed E-state index contributed by atoms with van der Waals surface area (Å²) in [5.41, 5.74) is 4.41. The average molecular weight is 366 g/mol. The Morgan fingerprint density at radius 1 is 0.960 bits per heavy atom. The number of aromatic nitrogens is 2. The van der Waals surface area contributed by atoms with Gasteiger partial charge in [-0.15, -0.1) is 11.3 Å². The highest BCUT2D eigenvalue weighted by Crippen LogP contribution is 2.34. The predicted octanol–water partition coefficient (Wildman–Crippen LogP) is 6.37. The first-order chi connectivity index (χ1) is 12.1. The molecule has 0 bridgehead atoms. The fourth-order valence-corrected chi connectivity index (χ4v) is 3.76. The number of benzene rings is 2. The van der Waals surface area contributed by atoms with E-state index in [0.29, 0.717) is 10.8 Å². The van der Waals surface area contributed by atoms with Gasteiger partial charge in [-0.3, -0.25) is 0 Å². The Morgan fingerprint density at radius 2 is 1.80 bits per heavy atom. The summed E-state index contributed by atoms with van der Waals surface area (Å²) in [6, 6.07) is 16.2. The number of halogens is 1. The van der Waals surface area contributed by atoms with Crippen LogP contribution in [0.1, 0.15) is 11.1 Å². The Balaban J connectivity index is 1.86. The SMILES string of the molecule is Cc1ccc(Nc2nc(-c3sccc3Cl)nc3ccccc23)cc1C. The highest BCUT2D eigenvalue weighted by Gasteiger charge is 2.13. The third-order valence-electron chi connectivity index (χ3n) is 4.19. The Bertz CT molecular complexity index is 1070. The molecule has 0 aliphatic carbocycles. The van der Waals surface area contributed by atoms with Crippen LogP contribution in [0.15, 0.2) is 53.9 Å². The minimum absolute atomic E-state index is 0.644. The molecule has 25 heavy (non-hydrogen) atoms. The number of nitrogens with zero attached hydrogens (tertiary/aromatic N) is 2. The number of para-hydroxylation sites is 1. The van der Waals surface area contributed by atoms with Gasteiger partial charge in [-0.05, 0) is 60.7 Å². The van der Waals surface area contributed by atoms with Gasteiger partial charge in [-0.25, -0.2) is 9.97 Å². The summed E-state index contributed by atoms with van der Waals surface area (Å²) in [5, 5.41) is 7.06. The van der Waals surface area contributed by atoms with Crippen molar-refractivity contribution in [1.82, 2.24) is 9.97 Å². The van der Waals surface area contributed by atoms with E-state index in [1.54, 1.807) is 11.3 Å². The molecule has 0 aliphatic rings. The van der Waals surface area contributed by atoms with E-state index < -0.39 is 0 Å². The van der Waals surface area contributed by atoms with E-state index in [0.717, 1.165) is 27.3 Å². The van der Waals surface area contributed by atoms with Gasteiger partial charge in [0.25, 0.3) is 0 Å². The van der Waals surface area contributed by atoms with E-state index >= 15 is 0 Å². The summed E-state index contributed by atoms with van der Waals surface area (Å²) in [5.74, 6) is 1.43. The van der Waals surface area contributed by atoms with Crippen LogP contribution in [0.2, 0.25) is 5.02 Å². The fourth-order valence-electron chi connectivity index (χ4n) is 2.68. The minimum Gasteiger partial charge on any atom is -0.340 e. The van der Waals surface area contributed by atoms with Gasteiger partial charge < -0.3 is 5.32 Å². The molecule has 0 fully saturated rings. The van der Waals surface area contributed by atoms with Crippen molar-refractivity contribution in [3.05, 3.63) is 70.1 Å². The maximum atomic E-state index is 6.29. The topological polar surface area (TPSA) is 37.8 Å². The van der Waals surface area contributed by atoms with E-state index in [1.165, 1.54) is 11.1 Å². The molecule has 2 aromatic carbocycles. The van der Waals surface area contributed by atoms with Crippen molar-refractivity contribution in [3.63, 3.8) is 0 Å². The fraction of sp³-hybridized carbons (Fsp3) is 0.100. The van der Waals surface area contributed by atoms with Crippen molar-refractivity contribution < 1.29 is 0 Å². The number of aryl methyl sites for hydroxylation is 2. The second-order valence-corrected chi connectivity index (χ2v) is 7.26. The number of rotatable bonds is 3. The number of nitrogens with one attached hydrogen (secondary N) is 1. The summed E-state index contributed by atoms with van der Waals surface area (Å²) in [6.45, 7) is 4.21. The van der Waals surface area contributed by atoms with Gasteiger partial charge in [0, 0.05) is 11.1 Å². The van der Waals surface area contributed by atoms with Gasteiger partial charge in [-0.1, -0.05) is 29.8 Å². The average Bonchev–Trinajstić information content (AvgIpc) is 3.04. The molecule has 2 aromatic heterocycles. The molecular weight excluding hydrogens is 350 g/mol. The van der Waals surface area contributed by atoms with Gasteiger partial charge in [0.05, 0.1) is 15.4 Å². The van der Waals surface area contributed by atoms with Crippen molar-refractivity contribution in [2.24, 2.45) is 0 Å². The van der Waals surface area contributed by atoms with E-state index in [-0.39, 0.29) is 0 Å². The van der Waals surface area contributed by atoms with Crippen LogP contribution < -0.4 is 5.32 Å². The van der Waals surface area contributed by atoms with Crippen molar-refractivity contribution in [2.75, 3.05) is 5.32 Å². The minimum atomic E-state index is 0.644. The van der Waals surface area contributed by atoms with Crippen LogP contribution in [0.25, 0.3) is 21.6 Å². The number of thiophene rings is 1. The molecule has 4 aromatic rings. The van der Waals surface area contributed by atoms with Gasteiger partial charge >= 0.3 is 0 Å². The first-order valence-electron chi connectivity index (χ1n) is 7.96. The third-order valence-corrected chi connectivity index (χ3v) is 5.53. The normalized spacial score (nSPS) is 11.0. The van der Waals surface area contributed by atoms with Crippen molar-refractivity contribution in [1.29, 1.82) is 0 Å². The van der Waals surface area contributed by atoms with Crippen LogP contribution in [-0.2, 0) is 0 Å². The molecule has 0 saturated carbocycles. The summed E-state index contributed by atoms with van der Waals surface area (Å²) in [7, 11) is 0. The summed E-state index contributed by atoms with van der Waals surface area (Å²) < 4.78 is 0. The molecular formula is C20H16ClN3S. The Labute approximate surface area is 155 Å². The number of hydrogen-bond acceptors (Lipinski definition) is 4. The van der Waals surface area contributed by atoms with E-state index in [2.05, 4.69) is 42.3 Å². The largest absolute Gasteiger partial charge is 0.340 e. The molecule has 124 valence electrons. The smallest absolute Gasteiger partial charge is 0.173 e. The van der Waals surface area contributed by atoms with Crippen molar-refractivity contribution >= 4 is 45.3 Å².